The summed E-state index contributed by atoms with van der Waals surface area (Å²) in [5.74, 6) is 0.117. The highest BCUT2D eigenvalue weighted by Gasteiger charge is 2.35. The summed E-state index contributed by atoms with van der Waals surface area (Å²) in [6, 6.07) is 1.18. The molecule has 0 saturated carbocycles. The summed E-state index contributed by atoms with van der Waals surface area (Å²) < 4.78 is 0. The lowest BCUT2D eigenvalue weighted by molar-refractivity contribution is 0.102. The van der Waals surface area contributed by atoms with Crippen molar-refractivity contribution in [1.29, 1.82) is 0 Å². The van der Waals surface area contributed by atoms with E-state index in [-0.39, 0.29) is 5.78 Å². The number of hydrogen-bond donors (Lipinski definition) is 0. The largest absolute Gasteiger partial charge is 0.343 e. The molecule has 0 aromatic carbocycles. The number of piperazine rings is 1. The first kappa shape index (κ1) is 12.1. The number of anilines is 1. The van der Waals surface area contributed by atoms with Crippen LogP contribution in [0, 0.1) is 0 Å². The second-order valence-corrected chi connectivity index (χ2v) is 6.36. The van der Waals surface area contributed by atoms with Gasteiger partial charge < -0.3 is 4.90 Å². The zero-order chi connectivity index (χ0) is 12.7. The molecule has 3 heterocycles. The molecule has 0 aliphatic carbocycles. The maximum atomic E-state index is 11.3. The normalized spacial score (nSPS) is 28.4. The van der Waals surface area contributed by atoms with Gasteiger partial charge in [-0.1, -0.05) is 11.3 Å². The Balaban J connectivity index is 1.80. The molecule has 1 aromatic rings. The van der Waals surface area contributed by atoms with Gasteiger partial charge in [-0.3, -0.25) is 9.69 Å². The monoisotopic (exact) mass is 265 g/mol. The van der Waals surface area contributed by atoms with Crippen molar-refractivity contribution in [1.82, 2.24) is 9.88 Å². The van der Waals surface area contributed by atoms with Crippen LogP contribution < -0.4 is 4.90 Å². The zero-order valence-corrected chi connectivity index (χ0v) is 11.7. The molecular formula is C13H19N3OS. The van der Waals surface area contributed by atoms with Gasteiger partial charge in [-0.25, -0.2) is 4.98 Å². The molecule has 4 nitrogen and oxygen atoms in total. The topological polar surface area (TPSA) is 36.4 Å². The molecular weight excluding hydrogens is 246 g/mol. The quantitative estimate of drug-likeness (QED) is 0.767. The van der Waals surface area contributed by atoms with Crippen LogP contribution in [-0.2, 0) is 0 Å². The third-order valence-electron chi connectivity index (χ3n) is 4.02. The van der Waals surface area contributed by atoms with Crippen LogP contribution >= 0.6 is 11.3 Å². The number of carbonyl (C=O) groups is 1. The van der Waals surface area contributed by atoms with Crippen LogP contribution in [0.5, 0.6) is 0 Å². The highest BCUT2D eigenvalue weighted by molar-refractivity contribution is 7.17. The number of ketones is 1. The number of nitrogens with zero attached hydrogens (tertiary/aromatic N) is 3. The molecule has 0 bridgehead atoms. The Morgan fingerprint density at radius 2 is 2.33 bits per heavy atom. The Bertz CT molecular complexity index is 459. The van der Waals surface area contributed by atoms with Gasteiger partial charge in [0, 0.05) is 32.1 Å². The maximum Gasteiger partial charge on any atom is 0.186 e. The van der Waals surface area contributed by atoms with Gasteiger partial charge in [-0.05, 0) is 26.3 Å². The average molecular weight is 265 g/mol. The Labute approximate surface area is 112 Å². The predicted molar refractivity (Wildman–Crippen MR) is 73.5 cm³/mol. The minimum atomic E-state index is 0.117. The molecule has 0 radical (unpaired) electrons. The summed E-state index contributed by atoms with van der Waals surface area (Å²) >= 11 is 1.53. The molecule has 2 saturated heterocycles. The molecule has 2 aliphatic rings. The van der Waals surface area contributed by atoms with E-state index in [9.17, 15) is 4.79 Å². The number of aromatic nitrogens is 1. The van der Waals surface area contributed by atoms with Crippen molar-refractivity contribution < 1.29 is 4.79 Å². The third-order valence-corrected chi connectivity index (χ3v) is 5.16. The Morgan fingerprint density at radius 1 is 1.50 bits per heavy atom. The van der Waals surface area contributed by atoms with Crippen molar-refractivity contribution in [3.05, 3.63) is 11.1 Å². The van der Waals surface area contributed by atoms with Crippen molar-refractivity contribution in [2.45, 2.75) is 38.8 Å². The predicted octanol–water partition coefficient (Wildman–Crippen LogP) is 2.02. The number of hydrogen-bond acceptors (Lipinski definition) is 5. The van der Waals surface area contributed by atoms with E-state index in [0.717, 1.165) is 23.1 Å². The van der Waals surface area contributed by atoms with Gasteiger partial charge in [0.2, 0.25) is 0 Å². The van der Waals surface area contributed by atoms with E-state index in [1.54, 1.807) is 13.1 Å². The summed E-state index contributed by atoms with van der Waals surface area (Å²) in [5.41, 5.74) is 0. The molecule has 2 fully saturated rings. The SMILES string of the molecule is CC(=O)c1cnc(N2CC3CCCN3CC2C)s1. The fourth-order valence-corrected chi connectivity index (χ4v) is 3.94. The summed E-state index contributed by atoms with van der Waals surface area (Å²) in [6.07, 6.45) is 4.34. The number of fused-ring (bicyclic) bond motifs is 1. The fraction of sp³-hybridized carbons (Fsp3) is 0.692. The van der Waals surface area contributed by atoms with E-state index < -0.39 is 0 Å². The number of carbonyl (C=O) groups excluding carboxylic acids is 1. The smallest absolute Gasteiger partial charge is 0.186 e. The molecule has 0 N–H and O–H groups in total. The van der Waals surface area contributed by atoms with Gasteiger partial charge in [0.05, 0.1) is 11.1 Å². The van der Waals surface area contributed by atoms with Crippen LogP contribution in [-0.4, -0.2) is 47.4 Å². The van der Waals surface area contributed by atoms with Gasteiger partial charge in [-0.2, -0.15) is 0 Å². The summed E-state index contributed by atoms with van der Waals surface area (Å²) in [7, 11) is 0. The van der Waals surface area contributed by atoms with Crippen molar-refractivity contribution in [2.24, 2.45) is 0 Å². The molecule has 2 unspecified atom stereocenters. The third kappa shape index (κ3) is 2.06. The van der Waals surface area contributed by atoms with Crippen LogP contribution in [0.15, 0.2) is 6.20 Å². The Kier molecular flexibility index (Phi) is 3.11. The molecule has 5 heteroatoms. The van der Waals surface area contributed by atoms with Crippen LogP contribution in [0.2, 0.25) is 0 Å². The lowest BCUT2D eigenvalue weighted by atomic mass is 10.1. The van der Waals surface area contributed by atoms with Gasteiger partial charge in [-0.15, -0.1) is 0 Å². The highest BCUT2D eigenvalue weighted by atomic mass is 32.1. The van der Waals surface area contributed by atoms with Crippen molar-refractivity contribution in [3.63, 3.8) is 0 Å². The van der Waals surface area contributed by atoms with Crippen LogP contribution in [0.25, 0.3) is 0 Å². The molecule has 2 atom stereocenters. The molecule has 0 amide bonds. The second-order valence-electron chi connectivity index (χ2n) is 5.36. The van der Waals surface area contributed by atoms with E-state index in [2.05, 4.69) is 21.7 Å². The van der Waals surface area contributed by atoms with E-state index in [1.807, 2.05) is 0 Å². The standard InChI is InChI=1S/C13H19N3OS/c1-9-7-15-5-3-4-11(15)8-16(9)13-14-6-12(18-13)10(2)17/h6,9,11H,3-5,7-8H2,1-2H3. The van der Waals surface area contributed by atoms with E-state index in [4.69, 9.17) is 0 Å². The molecule has 1 aromatic heterocycles. The number of Topliss-reactive ketones (excluding diaryl/α,β-unsaturated/α-hetero) is 1. The van der Waals surface area contributed by atoms with Crippen molar-refractivity contribution in [3.8, 4) is 0 Å². The minimum Gasteiger partial charge on any atom is -0.343 e. The highest BCUT2D eigenvalue weighted by Crippen LogP contribution is 2.31. The van der Waals surface area contributed by atoms with E-state index in [1.165, 1.54) is 30.7 Å². The Hall–Kier alpha value is -0.940. The molecule has 18 heavy (non-hydrogen) atoms. The van der Waals surface area contributed by atoms with Gasteiger partial charge in [0.1, 0.15) is 0 Å². The first-order valence-electron chi connectivity index (χ1n) is 6.62. The average Bonchev–Trinajstić information content (AvgIpc) is 2.94. The molecule has 98 valence electrons. The summed E-state index contributed by atoms with van der Waals surface area (Å²) in [5, 5.41) is 1.01. The molecule has 0 spiro atoms. The fourth-order valence-electron chi connectivity index (χ4n) is 3.01. The van der Waals surface area contributed by atoms with Crippen LogP contribution in [0.4, 0.5) is 5.13 Å². The van der Waals surface area contributed by atoms with Crippen LogP contribution in [0.3, 0.4) is 0 Å². The van der Waals surface area contributed by atoms with Gasteiger partial charge in [0.15, 0.2) is 10.9 Å². The first-order chi connectivity index (χ1) is 8.65. The zero-order valence-electron chi connectivity index (χ0n) is 10.9. The molecule has 3 rings (SSSR count). The lowest BCUT2D eigenvalue weighted by Gasteiger charge is -2.42. The number of rotatable bonds is 2. The van der Waals surface area contributed by atoms with E-state index >= 15 is 0 Å². The summed E-state index contributed by atoms with van der Waals surface area (Å²) in [6.45, 7) is 7.30. The summed E-state index contributed by atoms with van der Waals surface area (Å²) in [4.78, 5) is 21.5. The van der Waals surface area contributed by atoms with Gasteiger partial charge in [0.25, 0.3) is 0 Å². The lowest BCUT2D eigenvalue weighted by Crippen LogP contribution is -2.55. The van der Waals surface area contributed by atoms with Crippen LogP contribution in [0.1, 0.15) is 36.4 Å². The van der Waals surface area contributed by atoms with Gasteiger partial charge >= 0.3 is 0 Å². The maximum absolute atomic E-state index is 11.3. The van der Waals surface area contributed by atoms with Crippen molar-refractivity contribution >= 4 is 22.3 Å². The minimum absolute atomic E-state index is 0.117. The van der Waals surface area contributed by atoms with Crippen molar-refractivity contribution in [2.75, 3.05) is 24.5 Å². The molecule has 2 aliphatic heterocycles. The second kappa shape index (κ2) is 4.63. The Morgan fingerprint density at radius 3 is 3.06 bits per heavy atom. The number of thiazole rings is 1. The first-order valence-corrected chi connectivity index (χ1v) is 7.44. The van der Waals surface area contributed by atoms with E-state index in [0.29, 0.717) is 12.1 Å².